The van der Waals surface area contributed by atoms with Crippen LogP contribution in [0.3, 0.4) is 0 Å². The molecule has 38 heavy (non-hydrogen) atoms. The van der Waals surface area contributed by atoms with Crippen molar-refractivity contribution in [3.8, 4) is 6.07 Å². The fraction of sp³-hybridized carbons (Fsp3) is 0.207. The van der Waals surface area contributed by atoms with Crippen molar-refractivity contribution in [3.05, 3.63) is 117 Å². The Morgan fingerprint density at radius 3 is 2.63 bits per heavy atom. The van der Waals surface area contributed by atoms with Crippen molar-refractivity contribution in [2.75, 3.05) is 0 Å². The molecule has 0 unspecified atom stereocenters. The molecule has 2 N–H and O–H groups in total. The van der Waals surface area contributed by atoms with Gasteiger partial charge in [0.25, 0.3) is 11.5 Å². The van der Waals surface area contributed by atoms with Crippen LogP contribution < -0.4 is 10.9 Å². The summed E-state index contributed by atoms with van der Waals surface area (Å²) in [5, 5.41) is 17.8. The molecule has 1 aromatic carbocycles. The topological polar surface area (TPSA) is 121 Å². The van der Waals surface area contributed by atoms with Crippen LogP contribution in [0.5, 0.6) is 0 Å². The number of rotatable bonds is 8. The van der Waals surface area contributed by atoms with Gasteiger partial charge >= 0.3 is 0 Å². The first-order valence-corrected chi connectivity index (χ1v) is 12.5. The maximum absolute atomic E-state index is 13.1. The first kappa shape index (κ1) is 23.4. The van der Waals surface area contributed by atoms with E-state index in [1.165, 1.54) is 0 Å². The molecule has 0 atom stereocenters. The van der Waals surface area contributed by atoms with Gasteiger partial charge in [0, 0.05) is 48.7 Å². The molecule has 0 saturated heterocycles. The molecule has 9 nitrogen and oxygen atoms in total. The Morgan fingerprint density at radius 1 is 1.11 bits per heavy atom. The highest BCUT2D eigenvalue weighted by Crippen LogP contribution is 2.40. The van der Waals surface area contributed by atoms with E-state index < -0.39 is 0 Å². The van der Waals surface area contributed by atoms with Gasteiger partial charge in [-0.05, 0) is 41.7 Å². The van der Waals surface area contributed by atoms with Crippen LogP contribution in [0, 0.1) is 11.3 Å². The molecule has 0 aliphatic heterocycles. The third-order valence-corrected chi connectivity index (χ3v) is 6.78. The summed E-state index contributed by atoms with van der Waals surface area (Å²) in [5.41, 5.74) is 5.51. The molecule has 188 valence electrons. The standard InChI is InChI=1S/C29H25N7O2/c30-12-23-15-32-28-24(23)11-21(13-31-28)14-33-29(38)25-18-36(34-27(25)22-8-9-22)17-20-6-4-19(5-7-20)16-35-10-2-1-3-26(35)37/h1-7,10-11,13,15,18,22H,8-9,14,16-17H2,(H,31,32)(H,33,38). The highest BCUT2D eigenvalue weighted by atomic mass is 16.1. The Morgan fingerprint density at radius 2 is 1.89 bits per heavy atom. The van der Waals surface area contributed by atoms with E-state index in [9.17, 15) is 14.9 Å². The maximum atomic E-state index is 13.1. The molecule has 5 aromatic rings. The molecule has 6 rings (SSSR count). The summed E-state index contributed by atoms with van der Waals surface area (Å²) < 4.78 is 3.50. The van der Waals surface area contributed by atoms with Gasteiger partial charge < -0.3 is 14.9 Å². The van der Waals surface area contributed by atoms with Crippen LogP contribution in [-0.4, -0.2) is 30.2 Å². The summed E-state index contributed by atoms with van der Waals surface area (Å²) in [4.78, 5) is 32.5. The lowest BCUT2D eigenvalue weighted by molar-refractivity contribution is 0.0950. The largest absolute Gasteiger partial charge is 0.348 e. The molecule has 4 aromatic heterocycles. The van der Waals surface area contributed by atoms with Crippen molar-refractivity contribution >= 4 is 16.9 Å². The molecule has 1 saturated carbocycles. The summed E-state index contributed by atoms with van der Waals surface area (Å²) in [6.45, 7) is 1.37. The van der Waals surface area contributed by atoms with E-state index in [1.54, 1.807) is 35.3 Å². The van der Waals surface area contributed by atoms with Crippen LogP contribution in [0.25, 0.3) is 11.0 Å². The second kappa shape index (κ2) is 9.82. The van der Waals surface area contributed by atoms with Crippen LogP contribution in [0.15, 0.2) is 78.1 Å². The zero-order chi connectivity index (χ0) is 26.1. The Bertz CT molecular complexity index is 1730. The minimum atomic E-state index is -0.170. The third-order valence-electron chi connectivity index (χ3n) is 6.78. The van der Waals surface area contributed by atoms with Gasteiger partial charge in [-0.2, -0.15) is 10.4 Å². The van der Waals surface area contributed by atoms with E-state index in [0.29, 0.717) is 42.3 Å². The fourth-order valence-electron chi connectivity index (χ4n) is 4.59. The van der Waals surface area contributed by atoms with Crippen LogP contribution >= 0.6 is 0 Å². The van der Waals surface area contributed by atoms with Crippen LogP contribution in [0.1, 0.15) is 57.1 Å². The van der Waals surface area contributed by atoms with Crippen molar-refractivity contribution in [3.63, 3.8) is 0 Å². The van der Waals surface area contributed by atoms with Crippen LogP contribution in [-0.2, 0) is 19.6 Å². The number of nitrogens with one attached hydrogen (secondary N) is 2. The molecular weight excluding hydrogens is 478 g/mol. The maximum Gasteiger partial charge on any atom is 0.255 e. The zero-order valence-corrected chi connectivity index (χ0v) is 20.6. The van der Waals surface area contributed by atoms with Crippen molar-refractivity contribution in [1.82, 2.24) is 29.6 Å². The summed E-state index contributed by atoms with van der Waals surface area (Å²) in [6, 6.07) is 17.3. The summed E-state index contributed by atoms with van der Waals surface area (Å²) in [5.74, 6) is 0.149. The Hall–Kier alpha value is -4.97. The summed E-state index contributed by atoms with van der Waals surface area (Å²) >= 11 is 0. The predicted octanol–water partition coefficient (Wildman–Crippen LogP) is 3.70. The Balaban J connectivity index is 1.14. The lowest BCUT2D eigenvalue weighted by Gasteiger charge is -2.07. The first-order chi connectivity index (χ1) is 18.6. The summed E-state index contributed by atoms with van der Waals surface area (Å²) in [6.07, 6.45) is 9.01. The van der Waals surface area contributed by atoms with E-state index in [-0.39, 0.29) is 11.5 Å². The number of carbonyl (C=O) groups excluding carboxylic acids is 1. The zero-order valence-electron chi connectivity index (χ0n) is 20.6. The number of aromatic nitrogens is 5. The molecule has 1 amide bonds. The predicted molar refractivity (Wildman–Crippen MR) is 142 cm³/mol. The van der Waals surface area contributed by atoms with Crippen molar-refractivity contribution in [1.29, 1.82) is 5.26 Å². The molecule has 9 heteroatoms. The Kier molecular flexibility index (Phi) is 6.06. The van der Waals surface area contributed by atoms with Gasteiger partial charge in [-0.25, -0.2) is 4.98 Å². The van der Waals surface area contributed by atoms with Gasteiger partial charge in [0.15, 0.2) is 0 Å². The van der Waals surface area contributed by atoms with Gasteiger partial charge in [-0.15, -0.1) is 0 Å². The van der Waals surface area contributed by atoms with Gasteiger partial charge in [0.1, 0.15) is 11.7 Å². The lowest BCUT2D eigenvalue weighted by Crippen LogP contribution is -2.23. The van der Waals surface area contributed by atoms with E-state index >= 15 is 0 Å². The monoisotopic (exact) mass is 503 g/mol. The molecule has 4 heterocycles. The van der Waals surface area contributed by atoms with Gasteiger partial charge in [-0.1, -0.05) is 30.3 Å². The number of amides is 1. The highest BCUT2D eigenvalue weighted by molar-refractivity contribution is 5.95. The highest BCUT2D eigenvalue weighted by Gasteiger charge is 2.31. The average Bonchev–Trinajstić information content (AvgIpc) is 3.57. The Labute approximate surface area is 218 Å². The van der Waals surface area contributed by atoms with E-state index in [4.69, 9.17) is 5.10 Å². The number of carbonyl (C=O) groups is 1. The van der Waals surface area contributed by atoms with E-state index in [0.717, 1.165) is 40.6 Å². The number of fused-ring (bicyclic) bond motifs is 1. The number of aromatic amines is 1. The third kappa shape index (κ3) is 4.84. The second-order valence-corrected chi connectivity index (χ2v) is 9.62. The molecule has 1 aliphatic carbocycles. The normalized spacial score (nSPS) is 12.9. The quantitative estimate of drug-likeness (QED) is 0.334. The van der Waals surface area contributed by atoms with E-state index in [1.807, 2.05) is 47.3 Å². The number of hydrogen-bond acceptors (Lipinski definition) is 5. The number of pyridine rings is 2. The van der Waals surface area contributed by atoms with E-state index in [2.05, 4.69) is 21.4 Å². The molecule has 0 bridgehead atoms. The number of hydrogen-bond donors (Lipinski definition) is 2. The first-order valence-electron chi connectivity index (χ1n) is 12.5. The number of benzene rings is 1. The van der Waals surface area contributed by atoms with Crippen LogP contribution in [0.4, 0.5) is 0 Å². The van der Waals surface area contributed by atoms with Crippen molar-refractivity contribution < 1.29 is 4.79 Å². The van der Waals surface area contributed by atoms with Gasteiger partial charge in [0.2, 0.25) is 0 Å². The molecular formula is C29H25N7O2. The minimum Gasteiger partial charge on any atom is -0.348 e. The molecule has 0 spiro atoms. The van der Waals surface area contributed by atoms with Crippen LogP contribution in [0.2, 0.25) is 0 Å². The average molecular weight is 504 g/mol. The second-order valence-electron chi connectivity index (χ2n) is 9.62. The smallest absolute Gasteiger partial charge is 0.255 e. The molecule has 1 aliphatic rings. The number of H-pyrrole nitrogens is 1. The summed E-state index contributed by atoms with van der Waals surface area (Å²) in [7, 11) is 0. The molecule has 0 radical (unpaired) electrons. The number of nitrogens with zero attached hydrogens (tertiary/aromatic N) is 5. The lowest BCUT2D eigenvalue weighted by atomic mass is 10.1. The van der Waals surface area contributed by atoms with Gasteiger partial charge in [0.05, 0.1) is 29.9 Å². The number of nitriles is 1. The van der Waals surface area contributed by atoms with Crippen molar-refractivity contribution in [2.45, 2.75) is 38.4 Å². The SMILES string of the molecule is N#Cc1c[nH]c2ncc(CNC(=O)c3cn(Cc4ccc(Cn5ccccc5=O)cc4)nc3C3CC3)cc12. The van der Waals surface area contributed by atoms with Crippen molar-refractivity contribution in [2.24, 2.45) is 0 Å². The fourth-order valence-corrected chi connectivity index (χ4v) is 4.59. The van der Waals surface area contributed by atoms with Gasteiger partial charge in [-0.3, -0.25) is 14.3 Å². The minimum absolute atomic E-state index is 0.0280. The molecule has 1 fully saturated rings.